The van der Waals surface area contributed by atoms with Gasteiger partial charge >= 0.3 is 0 Å². The number of pyridine rings is 1. The van der Waals surface area contributed by atoms with Gasteiger partial charge in [-0.05, 0) is 36.2 Å². The first kappa shape index (κ1) is 15.4. The molecule has 21 heavy (non-hydrogen) atoms. The molecule has 2 aromatic rings. The van der Waals surface area contributed by atoms with E-state index in [-0.39, 0.29) is 16.5 Å². The van der Waals surface area contributed by atoms with Gasteiger partial charge in [-0.1, -0.05) is 17.7 Å². The van der Waals surface area contributed by atoms with E-state index in [1.807, 2.05) is 12.1 Å². The summed E-state index contributed by atoms with van der Waals surface area (Å²) in [5.74, 6) is 0. The molecule has 108 valence electrons. The standard InChI is InChI=1S/C14H12ClN3O2S/c15-13-8-12(9-16)3-4-14(13)21(19,20)18-7-5-11-2-1-6-17-10-11/h1-4,6,8,10,18H,5,7H2. The van der Waals surface area contributed by atoms with Crippen LogP contribution in [0.3, 0.4) is 0 Å². The summed E-state index contributed by atoms with van der Waals surface area (Å²) >= 11 is 5.91. The number of sulfonamides is 1. The number of nitrogens with one attached hydrogen (secondary N) is 1. The van der Waals surface area contributed by atoms with Gasteiger partial charge in [-0.25, -0.2) is 13.1 Å². The Hall–Kier alpha value is -1.94. The van der Waals surface area contributed by atoms with Gasteiger partial charge in [0.05, 0.1) is 16.7 Å². The Kier molecular flexibility index (Phi) is 4.91. The molecule has 0 bridgehead atoms. The van der Waals surface area contributed by atoms with Crippen LogP contribution in [0.2, 0.25) is 5.02 Å². The number of hydrogen-bond donors (Lipinski definition) is 1. The van der Waals surface area contributed by atoms with Crippen LogP contribution in [-0.2, 0) is 16.4 Å². The Labute approximate surface area is 128 Å². The lowest BCUT2D eigenvalue weighted by atomic mass is 10.2. The average Bonchev–Trinajstić information content (AvgIpc) is 2.47. The van der Waals surface area contributed by atoms with Crippen LogP contribution in [0.5, 0.6) is 0 Å². The topological polar surface area (TPSA) is 82.8 Å². The zero-order valence-electron chi connectivity index (χ0n) is 11.0. The summed E-state index contributed by atoms with van der Waals surface area (Å²) in [6, 6.07) is 9.64. The maximum atomic E-state index is 12.1. The maximum absolute atomic E-state index is 12.1. The molecule has 1 aromatic carbocycles. The smallest absolute Gasteiger partial charge is 0.242 e. The number of aromatic nitrogens is 1. The van der Waals surface area contributed by atoms with Crippen molar-refractivity contribution in [3.05, 3.63) is 58.9 Å². The van der Waals surface area contributed by atoms with Crippen molar-refractivity contribution in [2.24, 2.45) is 0 Å². The highest BCUT2D eigenvalue weighted by atomic mass is 35.5. The van der Waals surface area contributed by atoms with Crippen molar-refractivity contribution in [2.75, 3.05) is 6.54 Å². The first-order valence-electron chi connectivity index (χ1n) is 6.11. The van der Waals surface area contributed by atoms with Gasteiger partial charge in [0.1, 0.15) is 4.90 Å². The van der Waals surface area contributed by atoms with E-state index < -0.39 is 10.0 Å². The second kappa shape index (κ2) is 6.68. The second-order valence-electron chi connectivity index (χ2n) is 4.27. The second-order valence-corrected chi connectivity index (χ2v) is 6.41. The molecule has 0 aliphatic heterocycles. The van der Waals surface area contributed by atoms with Gasteiger partial charge in [0.25, 0.3) is 0 Å². The molecule has 0 aliphatic rings. The molecule has 0 fully saturated rings. The van der Waals surface area contributed by atoms with Crippen LogP contribution in [-0.4, -0.2) is 19.9 Å². The zero-order valence-corrected chi connectivity index (χ0v) is 12.5. The average molecular weight is 322 g/mol. The first-order chi connectivity index (χ1) is 10.0. The molecule has 0 saturated heterocycles. The van der Waals surface area contributed by atoms with E-state index in [1.165, 1.54) is 18.2 Å². The minimum atomic E-state index is -3.70. The summed E-state index contributed by atoms with van der Waals surface area (Å²) in [6.45, 7) is 0.240. The van der Waals surface area contributed by atoms with Crippen LogP contribution >= 0.6 is 11.6 Å². The van der Waals surface area contributed by atoms with Crippen LogP contribution < -0.4 is 4.72 Å². The van der Waals surface area contributed by atoms with E-state index in [0.29, 0.717) is 12.0 Å². The largest absolute Gasteiger partial charge is 0.264 e. The summed E-state index contributed by atoms with van der Waals surface area (Å²) < 4.78 is 26.8. The predicted molar refractivity (Wildman–Crippen MR) is 79.3 cm³/mol. The van der Waals surface area contributed by atoms with Crippen LogP contribution in [0.4, 0.5) is 0 Å². The van der Waals surface area contributed by atoms with Gasteiger partial charge in [-0.15, -0.1) is 0 Å². The molecule has 5 nitrogen and oxygen atoms in total. The normalized spacial score (nSPS) is 11.0. The molecule has 0 radical (unpaired) electrons. The molecule has 0 spiro atoms. The predicted octanol–water partition coefficient (Wildman–Crippen LogP) is 2.13. The molecule has 0 aliphatic carbocycles. The number of hydrogen-bond acceptors (Lipinski definition) is 4. The van der Waals surface area contributed by atoms with Crippen LogP contribution in [0.25, 0.3) is 0 Å². The van der Waals surface area contributed by atoms with E-state index in [0.717, 1.165) is 5.56 Å². The summed E-state index contributed by atoms with van der Waals surface area (Å²) in [6.07, 6.45) is 3.87. The van der Waals surface area contributed by atoms with E-state index in [2.05, 4.69) is 9.71 Å². The van der Waals surface area contributed by atoms with Crippen LogP contribution in [0.1, 0.15) is 11.1 Å². The molecule has 7 heteroatoms. The SMILES string of the molecule is N#Cc1ccc(S(=O)(=O)NCCc2cccnc2)c(Cl)c1. The van der Waals surface area contributed by atoms with Gasteiger partial charge in [0, 0.05) is 18.9 Å². The quantitative estimate of drug-likeness (QED) is 0.914. The number of benzene rings is 1. The number of nitrogens with zero attached hydrogens (tertiary/aromatic N) is 2. The minimum Gasteiger partial charge on any atom is -0.264 e. The third kappa shape index (κ3) is 4.02. The Balaban J connectivity index is 2.07. The molecule has 0 atom stereocenters. The lowest BCUT2D eigenvalue weighted by Crippen LogP contribution is -2.26. The van der Waals surface area contributed by atoms with E-state index in [4.69, 9.17) is 16.9 Å². The van der Waals surface area contributed by atoms with Gasteiger partial charge in [-0.3, -0.25) is 4.98 Å². The summed E-state index contributed by atoms with van der Waals surface area (Å²) in [4.78, 5) is 3.93. The van der Waals surface area contributed by atoms with E-state index in [9.17, 15) is 8.42 Å². The molecule has 2 rings (SSSR count). The summed E-state index contributed by atoms with van der Waals surface area (Å²) in [5.41, 5.74) is 1.25. The van der Waals surface area contributed by atoms with Gasteiger partial charge in [-0.2, -0.15) is 5.26 Å². The van der Waals surface area contributed by atoms with Crippen molar-refractivity contribution in [3.8, 4) is 6.07 Å². The van der Waals surface area contributed by atoms with Crippen LogP contribution in [0, 0.1) is 11.3 Å². The minimum absolute atomic E-state index is 0.0305. The monoisotopic (exact) mass is 321 g/mol. The van der Waals surface area contributed by atoms with Crippen molar-refractivity contribution in [3.63, 3.8) is 0 Å². The lowest BCUT2D eigenvalue weighted by molar-refractivity contribution is 0.581. The maximum Gasteiger partial charge on any atom is 0.242 e. The third-order valence-corrected chi connectivity index (χ3v) is 4.72. The molecule has 1 heterocycles. The molecule has 1 N–H and O–H groups in total. The fraction of sp³-hybridized carbons (Fsp3) is 0.143. The molecule has 0 unspecified atom stereocenters. The highest BCUT2D eigenvalue weighted by Crippen LogP contribution is 2.22. The van der Waals surface area contributed by atoms with Crippen molar-refractivity contribution in [2.45, 2.75) is 11.3 Å². The van der Waals surface area contributed by atoms with Crippen molar-refractivity contribution in [1.29, 1.82) is 5.26 Å². The molecule has 0 amide bonds. The highest BCUT2D eigenvalue weighted by molar-refractivity contribution is 7.89. The Bertz CT molecular complexity index is 771. The summed E-state index contributed by atoms with van der Waals surface area (Å²) in [5, 5.41) is 8.77. The van der Waals surface area contributed by atoms with E-state index in [1.54, 1.807) is 18.5 Å². The Morgan fingerprint density at radius 3 is 2.76 bits per heavy atom. The van der Waals surface area contributed by atoms with Crippen molar-refractivity contribution in [1.82, 2.24) is 9.71 Å². The Morgan fingerprint density at radius 2 is 2.14 bits per heavy atom. The molecule has 0 saturated carbocycles. The number of nitriles is 1. The number of rotatable bonds is 5. The fourth-order valence-electron chi connectivity index (χ4n) is 1.74. The van der Waals surface area contributed by atoms with Gasteiger partial charge in [0.15, 0.2) is 0 Å². The number of halogens is 1. The molecular formula is C14H12ClN3O2S. The first-order valence-corrected chi connectivity index (χ1v) is 7.97. The van der Waals surface area contributed by atoms with Crippen LogP contribution in [0.15, 0.2) is 47.6 Å². The van der Waals surface area contributed by atoms with Crippen molar-refractivity contribution < 1.29 is 8.42 Å². The van der Waals surface area contributed by atoms with E-state index >= 15 is 0 Å². The Morgan fingerprint density at radius 1 is 1.33 bits per heavy atom. The molecular weight excluding hydrogens is 310 g/mol. The van der Waals surface area contributed by atoms with Gasteiger partial charge in [0.2, 0.25) is 10.0 Å². The summed E-state index contributed by atoms with van der Waals surface area (Å²) in [7, 11) is -3.70. The lowest BCUT2D eigenvalue weighted by Gasteiger charge is -2.08. The van der Waals surface area contributed by atoms with Gasteiger partial charge < -0.3 is 0 Å². The fourth-order valence-corrected chi connectivity index (χ4v) is 3.32. The zero-order chi connectivity index (χ0) is 15.3. The third-order valence-electron chi connectivity index (χ3n) is 2.78. The molecule has 1 aromatic heterocycles. The van der Waals surface area contributed by atoms with Crippen molar-refractivity contribution >= 4 is 21.6 Å². The highest BCUT2D eigenvalue weighted by Gasteiger charge is 2.17.